The summed E-state index contributed by atoms with van der Waals surface area (Å²) in [6.45, 7) is 4.28. The van der Waals surface area contributed by atoms with Crippen LogP contribution in [-0.2, 0) is 28.7 Å². The van der Waals surface area contributed by atoms with Gasteiger partial charge >= 0.3 is 11.9 Å². The molecular weight excluding hydrogens is 340 g/mol. The van der Waals surface area contributed by atoms with Crippen LogP contribution in [0.2, 0.25) is 0 Å². The minimum Gasteiger partial charge on any atom is -0.464 e. The zero-order valence-electron chi connectivity index (χ0n) is 15.7. The lowest BCUT2D eigenvalue weighted by Crippen LogP contribution is -2.32. The molecule has 1 aliphatic rings. The van der Waals surface area contributed by atoms with Gasteiger partial charge in [-0.3, -0.25) is 19.2 Å². The predicted octanol–water partition coefficient (Wildman–Crippen LogP) is 0.932. The normalized spacial score (nSPS) is 19.3. The van der Waals surface area contributed by atoms with E-state index in [9.17, 15) is 19.2 Å². The van der Waals surface area contributed by atoms with Gasteiger partial charge in [-0.05, 0) is 32.1 Å². The lowest BCUT2D eigenvalue weighted by molar-refractivity contribution is -0.155. The second kappa shape index (κ2) is 12.3. The number of carbonyl (C=O) groups is 4. The van der Waals surface area contributed by atoms with Crippen LogP contribution >= 0.6 is 0 Å². The van der Waals surface area contributed by atoms with E-state index in [4.69, 9.17) is 9.47 Å². The van der Waals surface area contributed by atoms with Crippen molar-refractivity contribution in [2.24, 2.45) is 11.8 Å². The summed E-state index contributed by atoms with van der Waals surface area (Å²) in [6, 6.07) is 0. The summed E-state index contributed by atoms with van der Waals surface area (Å²) < 4.78 is 10.3. The molecule has 0 bridgehead atoms. The number of hydrogen-bond acceptors (Lipinski definition) is 6. The third kappa shape index (κ3) is 8.82. The van der Waals surface area contributed by atoms with Crippen LogP contribution in [0, 0.1) is 11.8 Å². The maximum atomic E-state index is 12.0. The summed E-state index contributed by atoms with van der Waals surface area (Å²) >= 11 is 0. The molecule has 8 heteroatoms. The SMILES string of the molecule is CCCC(=O)NCCOC(=O)C1CCC(C(=O)OCCNC(C)=O)CC1. The molecule has 0 atom stereocenters. The van der Waals surface area contributed by atoms with E-state index in [1.165, 1.54) is 6.92 Å². The fourth-order valence-electron chi connectivity index (χ4n) is 2.84. The largest absolute Gasteiger partial charge is 0.464 e. The summed E-state index contributed by atoms with van der Waals surface area (Å²) in [6.07, 6.45) is 3.61. The Bertz CT molecular complexity index is 486. The summed E-state index contributed by atoms with van der Waals surface area (Å²) in [7, 11) is 0. The molecule has 148 valence electrons. The van der Waals surface area contributed by atoms with Gasteiger partial charge in [-0.25, -0.2) is 0 Å². The number of carbonyl (C=O) groups excluding carboxylic acids is 4. The van der Waals surface area contributed by atoms with E-state index in [-0.39, 0.29) is 48.8 Å². The van der Waals surface area contributed by atoms with Crippen LogP contribution in [0.15, 0.2) is 0 Å². The van der Waals surface area contributed by atoms with Crippen molar-refractivity contribution in [3.05, 3.63) is 0 Å². The highest BCUT2D eigenvalue weighted by Gasteiger charge is 2.31. The van der Waals surface area contributed by atoms with E-state index in [1.54, 1.807) is 0 Å². The van der Waals surface area contributed by atoms with Gasteiger partial charge < -0.3 is 20.1 Å². The predicted molar refractivity (Wildman–Crippen MR) is 94.0 cm³/mol. The third-order valence-corrected chi connectivity index (χ3v) is 4.26. The first-order valence-electron chi connectivity index (χ1n) is 9.28. The number of ether oxygens (including phenoxy) is 2. The Labute approximate surface area is 154 Å². The number of rotatable bonds is 10. The molecule has 26 heavy (non-hydrogen) atoms. The van der Waals surface area contributed by atoms with Gasteiger partial charge in [-0.2, -0.15) is 0 Å². The van der Waals surface area contributed by atoms with Crippen molar-refractivity contribution in [2.45, 2.75) is 52.4 Å². The van der Waals surface area contributed by atoms with Crippen molar-refractivity contribution >= 4 is 23.8 Å². The van der Waals surface area contributed by atoms with Gasteiger partial charge in [0.25, 0.3) is 0 Å². The molecule has 1 saturated carbocycles. The van der Waals surface area contributed by atoms with Crippen LogP contribution in [-0.4, -0.2) is 50.1 Å². The average Bonchev–Trinajstić information content (AvgIpc) is 2.62. The molecule has 0 heterocycles. The van der Waals surface area contributed by atoms with Gasteiger partial charge in [0, 0.05) is 13.3 Å². The van der Waals surface area contributed by atoms with Crippen molar-refractivity contribution in [2.75, 3.05) is 26.3 Å². The highest BCUT2D eigenvalue weighted by Crippen LogP contribution is 2.30. The molecule has 1 aliphatic carbocycles. The zero-order chi connectivity index (χ0) is 19.4. The molecule has 1 rings (SSSR count). The van der Waals surface area contributed by atoms with Crippen LogP contribution in [0.3, 0.4) is 0 Å². The molecule has 0 aromatic heterocycles. The first-order valence-corrected chi connectivity index (χ1v) is 9.28. The fraction of sp³-hybridized carbons (Fsp3) is 0.778. The molecule has 8 nitrogen and oxygen atoms in total. The van der Waals surface area contributed by atoms with Crippen molar-refractivity contribution in [1.82, 2.24) is 10.6 Å². The topological polar surface area (TPSA) is 111 Å². The molecule has 1 fully saturated rings. The Hall–Kier alpha value is -2.12. The standard InChI is InChI=1S/C18H30N2O6/c1-3-4-16(22)20-10-12-26-18(24)15-7-5-14(6-8-15)17(23)25-11-9-19-13(2)21/h14-15H,3-12H2,1-2H3,(H,19,21)(H,20,22). The minimum absolute atomic E-state index is 0.0407. The summed E-state index contributed by atoms with van der Waals surface area (Å²) in [5, 5.41) is 5.25. The van der Waals surface area contributed by atoms with Crippen LogP contribution in [0.5, 0.6) is 0 Å². The van der Waals surface area contributed by atoms with Gasteiger partial charge in [0.05, 0.1) is 24.9 Å². The van der Waals surface area contributed by atoms with Crippen LogP contribution in [0.4, 0.5) is 0 Å². The molecule has 0 aromatic carbocycles. The van der Waals surface area contributed by atoms with Crippen LogP contribution < -0.4 is 10.6 Å². The summed E-state index contributed by atoms with van der Waals surface area (Å²) in [5.41, 5.74) is 0. The first-order chi connectivity index (χ1) is 12.4. The van der Waals surface area contributed by atoms with Gasteiger partial charge in [0.15, 0.2) is 0 Å². The van der Waals surface area contributed by atoms with E-state index in [0.29, 0.717) is 45.2 Å². The number of amides is 2. The number of hydrogen-bond donors (Lipinski definition) is 2. The summed E-state index contributed by atoms with van der Waals surface area (Å²) in [5.74, 6) is -1.16. The number of esters is 2. The third-order valence-electron chi connectivity index (χ3n) is 4.26. The second-order valence-electron chi connectivity index (χ2n) is 6.47. The van der Waals surface area contributed by atoms with Crippen molar-refractivity contribution < 1.29 is 28.7 Å². The van der Waals surface area contributed by atoms with E-state index in [0.717, 1.165) is 6.42 Å². The van der Waals surface area contributed by atoms with Crippen molar-refractivity contribution in [3.8, 4) is 0 Å². The van der Waals surface area contributed by atoms with Crippen LogP contribution in [0.1, 0.15) is 52.4 Å². The maximum absolute atomic E-state index is 12.0. The lowest BCUT2D eigenvalue weighted by Gasteiger charge is -2.26. The molecule has 0 saturated heterocycles. The highest BCUT2D eigenvalue weighted by atomic mass is 16.5. The van der Waals surface area contributed by atoms with Gasteiger partial charge in [0.2, 0.25) is 11.8 Å². The highest BCUT2D eigenvalue weighted by molar-refractivity contribution is 5.76. The molecule has 2 amide bonds. The summed E-state index contributed by atoms with van der Waals surface area (Å²) in [4.78, 5) is 46.0. The van der Waals surface area contributed by atoms with Gasteiger partial charge in [0.1, 0.15) is 13.2 Å². The smallest absolute Gasteiger partial charge is 0.308 e. The second-order valence-corrected chi connectivity index (χ2v) is 6.47. The fourth-order valence-corrected chi connectivity index (χ4v) is 2.84. The monoisotopic (exact) mass is 370 g/mol. The first kappa shape index (κ1) is 21.9. The van der Waals surface area contributed by atoms with Crippen LogP contribution in [0.25, 0.3) is 0 Å². The molecule has 2 N–H and O–H groups in total. The van der Waals surface area contributed by atoms with Gasteiger partial charge in [-0.1, -0.05) is 6.92 Å². The Morgan fingerprint density at radius 3 is 1.73 bits per heavy atom. The average molecular weight is 370 g/mol. The molecule has 0 aromatic rings. The van der Waals surface area contributed by atoms with Crippen molar-refractivity contribution in [3.63, 3.8) is 0 Å². The Kier molecular flexibility index (Phi) is 10.3. The Morgan fingerprint density at radius 1 is 0.846 bits per heavy atom. The maximum Gasteiger partial charge on any atom is 0.308 e. The van der Waals surface area contributed by atoms with Gasteiger partial charge in [-0.15, -0.1) is 0 Å². The van der Waals surface area contributed by atoms with Crippen molar-refractivity contribution in [1.29, 1.82) is 0 Å². The van der Waals surface area contributed by atoms with E-state index >= 15 is 0 Å². The molecule has 0 spiro atoms. The molecule has 0 aliphatic heterocycles. The minimum atomic E-state index is -0.277. The zero-order valence-corrected chi connectivity index (χ0v) is 15.7. The quantitative estimate of drug-likeness (QED) is 0.437. The van der Waals surface area contributed by atoms with E-state index in [2.05, 4.69) is 10.6 Å². The molecular formula is C18H30N2O6. The van der Waals surface area contributed by atoms with E-state index in [1.807, 2.05) is 6.92 Å². The molecule has 0 unspecified atom stereocenters. The Balaban J connectivity index is 2.16. The lowest BCUT2D eigenvalue weighted by atomic mass is 9.82. The number of nitrogens with one attached hydrogen (secondary N) is 2. The van der Waals surface area contributed by atoms with E-state index < -0.39 is 0 Å². The Morgan fingerprint density at radius 2 is 1.31 bits per heavy atom. The molecule has 0 radical (unpaired) electrons.